The van der Waals surface area contributed by atoms with Crippen LogP contribution in [0, 0.1) is 12.7 Å². The standard InChI is InChI=1S/C16H10F3NO5/c1-7-2-4-9(15(22)23)12(17)13(7)20-14(21)8-3-5-10-11(6-8)25-16(18,19)24-10/h2-6H,1H3,(H,20,21)(H,22,23). The molecule has 2 aromatic carbocycles. The highest BCUT2D eigenvalue weighted by Gasteiger charge is 2.43. The Bertz CT molecular complexity index is 898. The van der Waals surface area contributed by atoms with E-state index in [1.165, 1.54) is 19.1 Å². The Balaban J connectivity index is 1.90. The van der Waals surface area contributed by atoms with Gasteiger partial charge in [0.25, 0.3) is 5.91 Å². The summed E-state index contributed by atoms with van der Waals surface area (Å²) in [4.78, 5) is 23.2. The Morgan fingerprint density at radius 3 is 2.48 bits per heavy atom. The molecule has 0 aliphatic carbocycles. The van der Waals surface area contributed by atoms with E-state index in [9.17, 15) is 22.8 Å². The molecule has 25 heavy (non-hydrogen) atoms. The van der Waals surface area contributed by atoms with Gasteiger partial charge < -0.3 is 19.9 Å². The van der Waals surface area contributed by atoms with E-state index in [1.807, 2.05) is 0 Å². The molecule has 0 saturated heterocycles. The van der Waals surface area contributed by atoms with Gasteiger partial charge in [-0.15, -0.1) is 8.78 Å². The second kappa shape index (κ2) is 5.69. The number of nitrogens with one attached hydrogen (secondary N) is 1. The lowest BCUT2D eigenvalue weighted by Gasteiger charge is -2.11. The summed E-state index contributed by atoms with van der Waals surface area (Å²) in [6.45, 7) is 1.48. The predicted molar refractivity (Wildman–Crippen MR) is 78.7 cm³/mol. The van der Waals surface area contributed by atoms with Gasteiger partial charge >= 0.3 is 12.3 Å². The molecule has 0 aromatic heterocycles. The van der Waals surface area contributed by atoms with Crippen molar-refractivity contribution < 1.29 is 37.3 Å². The average Bonchev–Trinajstić information content (AvgIpc) is 2.83. The third-order valence-corrected chi connectivity index (χ3v) is 3.48. The molecule has 1 amide bonds. The van der Waals surface area contributed by atoms with E-state index in [0.29, 0.717) is 5.56 Å². The fourth-order valence-electron chi connectivity index (χ4n) is 2.27. The Kier molecular flexibility index (Phi) is 3.78. The number of carbonyl (C=O) groups is 2. The Morgan fingerprint density at radius 1 is 1.12 bits per heavy atom. The lowest BCUT2D eigenvalue weighted by molar-refractivity contribution is -0.286. The van der Waals surface area contributed by atoms with E-state index in [-0.39, 0.29) is 22.7 Å². The first kappa shape index (κ1) is 16.6. The third-order valence-electron chi connectivity index (χ3n) is 3.48. The normalized spacial score (nSPS) is 14.2. The average molecular weight is 353 g/mol. The molecule has 0 atom stereocenters. The molecule has 0 radical (unpaired) electrons. The Hall–Kier alpha value is -3.23. The maximum atomic E-state index is 14.2. The summed E-state index contributed by atoms with van der Waals surface area (Å²) < 4.78 is 48.7. The van der Waals surface area contributed by atoms with Crippen molar-refractivity contribution in [1.82, 2.24) is 0 Å². The number of halogens is 3. The fourth-order valence-corrected chi connectivity index (χ4v) is 2.27. The third kappa shape index (κ3) is 3.08. The SMILES string of the molecule is Cc1ccc(C(=O)O)c(F)c1NC(=O)c1ccc2c(c1)OC(F)(F)O2. The number of aromatic carboxylic acids is 1. The summed E-state index contributed by atoms with van der Waals surface area (Å²) in [5.74, 6) is -4.00. The Labute approximate surface area is 138 Å². The van der Waals surface area contributed by atoms with Crippen molar-refractivity contribution in [1.29, 1.82) is 0 Å². The van der Waals surface area contributed by atoms with Crippen LogP contribution >= 0.6 is 0 Å². The minimum absolute atomic E-state index is 0.0976. The predicted octanol–water partition coefficient (Wildman–Crippen LogP) is 3.41. The summed E-state index contributed by atoms with van der Waals surface area (Å²) in [5, 5.41) is 11.2. The van der Waals surface area contributed by atoms with Crippen molar-refractivity contribution in [2.24, 2.45) is 0 Å². The van der Waals surface area contributed by atoms with Gasteiger partial charge in [0.1, 0.15) is 0 Å². The number of benzene rings is 2. The van der Waals surface area contributed by atoms with Gasteiger partial charge in [0.05, 0.1) is 11.3 Å². The van der Waals surface area contributed by atoms with Crippen molar-refractivity contribution in [3.63, 3.8) is 0 Å². The van der Waals surface area contributed by atoms with Crippen LogP contribution in [0.15, 0.2) is 30.3 Å². The minimum Gasteiger partial charge on any atom is -0.478 e. The number of ether oxygens (including phenoxy) is 2. The number of hydrogen-bond acceptors (Lipinski definition) is 4. The number of carboxylic acids is 1. The van der Waals surface area contributed by atoms with Gasteiger partial charge in [-0.25, -0.2) is 9.18 Å². The largest absolute Gasteiger partial charge is 0.586 e. The summed E-state index contributed by atoms with van der Waals surface area (Å²) in [6, 6.07) is 5.72. The molecule has 1 aliphatic rings. The molecule has 1 heterocycles. The molecule has 2 aromatic rings. The highest BCUT2D eigenvalue weighted by molar-refractivity contribution is 6.05. The summed E-state index contributed by atoms with van der Waals surface area (Å²) >= 11 is 0. The number of carbonyl (C=O) groups excluding carboxylic acids is 1. The lowest BCUT2D eigenvalue weighted by Crippen LogP contribution is -2.25. The number of carboxylic acid groups (broad SMARTS) is 1. The molecule has 1 aliphatic heterocycles. The van der Waals surface area contributed by atoms with Crippen LogP contribution in [-0.2, 0) is 0 Å². The number of rotatable bonds is 3. The van der Waals surface area contributed by atoms with Gasteiger partial charge in [-0.3, -0.25) is 4.79 Å². The number of fused-ring (bicyclic) bond motifs is 1. The van der Waals surface area contributed by atoms with E-state index in [0.717, 1.165) is 18.2 Å². The molecule has 0 bridgehead atoms. The highest BCUT2D eigenvalue weighted by Crippen LogP contribution is 2.41. The summed E-state index contributed by atoms with van der Waals surface area (Å²) in [5.41, 5.74) is -0.721. The molecular weight excluding hydrogens is 343 g/mol. The van der Waals surface area contributed by atoms with Gasteiger partial charge in [-0.05, 0) is 36.8 Å². The van der Waals surface area contributed by atoms with E-state index < -0.39 is 29.6 Å². The second-order valence-electron chi connectivity index (χ2n) is 5.21. The monoisotopic (exact) mass is 353 g/mol. The number of alkyl halides is 2. The van der Waals surface area contributed by atoms with Gasteiger partial charge in [-0.2, -0.15) is 0 Å². The summed E-state index contributed by atoms with van der Waals surface area (Å²) in [7, 11) is 0. The second-order valence-corrected chi connectivity index (χ2v) is 5.21. The zero-order chi connectivity index (χ0) is 18.4. The molecule has 0 unspecified atom stereocenters. The maximum Gasteiger partial charge on any atom is 0.586 e. The lowest BCUT2D eigenvalue weighted by atomic mass is 10.1. The van der Waals surface area contributed by atoms with Gasteiger partial charge in [0.2, 0.25) is 0 Å². The first-order valence-electron chi connectivity index (χ1n) is 6.91. The van der Waals surface area contributed by atoms with Crippen LogP contribution in [0.1, 0.15) is 26.3 Å². The smallest absolute Gasteiger partial charge is 0.478 e. The molecule has 3 rings (SSSR count). The van der Waals surface area contributed by atoms with E-state index in [2.05, 4.69) is 14.8 Å². The summed E-state index contributed by atoms with van der Waals surface area (Å²) in [6.07, 6.45) is -3.82. The first-order chi connectivity index (χ1) is 11.7. The number of anilines is 1. The van der Waals surface area contributed by atoms with Crippen LogP contribution in [0.5, 0.6) is 11.5 Å². The van der Waals surface area contributed by atoms with Gasteiger partial charge in [0, 0.05) is 5.56 Å². The van der Waals surface area contributed by atoms with Crippen molar-refractivity contribution in [3.8, 4) is 11.5 Å². The number of aryl methyl sites for hydroxylation is 1. The molecule has 0 fully saturated rings. The van der Waals surface area contributed by atoms with Gasteiger partial charge in [-0.1, -0.05) is 6.07 Å². The molecule has 0 spiro atoms. The van der Waals surface area contributed by atoms with Crippen LogP contribution in [0.25, 0.3) is 0 Å². The van der Waals surface area contributed by atoms with Crippen LogP contribution < -0.4 is 14.8 Å². The quantitative estimate of drug-likeness (QED) is 0.883. The first-order valence-corrected chi connectivity index (χ1v) is 6.91. The highest BCUT2D eigenvalue weighted by atomic mass is 19.3. The fraction of sp³-hybridized carbons (Fsp3) is 0.125. The van der Waals surface area contributed by atoms with Crippen molar-refractivity contribution >= 4 is 17.6 Å². The van der Waals surface area contributed by atoms with Crippen molar-refractivity contribution in [2.75, 3.05) is 5.32 Å². The number of amides is 1. The van der Waals surface area contributed by atoms with Crippen molar-refractivity contribution in [3.05, 3.63) is 52.8 Å². The zero-order valence-corrected chi connectivity index (χ0v) is 12.6. The molecule has 2 N–H and O–H groups in total. The van der Waals surface area contributed by atoms with E-state index in [1.54, 1.807) is 0 Å². The molecule has 130 valence electrons. The van der Waals surface area contributed by atoms with Crippen LogP contribution in [0.2, 0.25) is 0 Å². The molecule has 9 heteroatoms. The number of hydrogen-bond donors (Lipinski definition) is 2. The van der Waals surface area contributed by atoms with Crippen molar-refractivity contribution in [2.45, 2.75) is 13.2 Å². The maximum absolute atomic E-state index is 14.2. The minimum atomic E-state index is -3.82. The Morgan fingerprint density at radius 2 is 1.80 bits per heavy atom. The topological polar surface area (TPSA) is 84.9 Å². The molecule has 0 saturated carbocycles. The van der Waals surface area contributed by atoms with E-state index >= 15 is 0 Å². The molecular formula is C16H10F3NO5. The zero-order valence-electron chi connectivity index (χ0n) is 12.6. The van der Waals surface area contributed by atoms with Gasteiger partial charge in [0.15, 0.2) is 17.3 Å². The molecule has 6 nitrogen and oxygen atoms in total. The van der Waals surface area contributed by atoms with Crippen LogP contribution in [0.4, 0.5) is 18.9 Å². The van der Waals surface area contributed by atoms with Crippen LogP contribution in [-0.4, -0.2) is 23.3 Å². The van der Waals surface area contributed by atoms with Crippen LogP contribution in [0.3, 0.4) is 0 Å². The van der Waals surface area contributed by atoms with E-state index in [4.69, 9.17) is 5.11 Å².